The molecule has 8 heteroatoms. The standard InChI is InChI=1S/C8H15N2O4PS/c1-5-14-15(12,13)16-7-6(2)9(3)10(4)8(7)11/h5H2,1-4H3,(H,12,13)/p-1. The van der Waals surface area contributed by atoms with E-state index < -0.39 is 6.80 Å². The number of nitrogens with zero attached hydrogens (tertiary/aromatic N) is 2. The van der Waals surface area contributed by atoms with Gasteiger partial charge in [-0.25, -0.2) is 0 Å². The first-order valence-corrected chi connectivity index (χ1v) is 7.64. The van der Waals surface area contributed by atoms with Gasteiger partial charge in [-0.3, -0.25) is 18.7 Å². The molecule has 1 unspecified atom stereocenters. The summed E-state index contributed by atoms with van der Waals surface area (Å²) in [6.07, 6.45) is 0. The van der Waals surface area contributed by atoms with Crippen molar-refractivity contribution >= 4 is 18.2 Å². The molecule has 0 spiro atoms. The molecule has 16 heavy (non-hydrogen) atoms. The first-order valence-electron chi connectivity index (χ1n) is 4.68. The van der Waals surface area contributed by atoms with E-state index in [4.69, 9.17) is 0 Å². The molecule has 0 N–H and O–H groups in total. The van der Waals surface area contributed by atoms with Crippen molar-refractivity contribution in [2.75, 3.05) is 6.61 Å². The first-order chi connectivity index (χ1) is 7.30. The molecule has 0 saturated carbocycles. The number of hydrogen-bond acceptors (Lipinski definition) is 5. The molecule has 0 amide bonds. The SMILES string of the molecule is CCOP(=O)([O-])Sc1c(C)n(C)n(C)c1=O. The van der Waals surface area contributed by atoms with Gasteiger partial charge in [0.15, 0.2) is 6.80 Å². The minimum absolute atomic E-state index is 0.0694. The van der Waals surface area contributed by atoms with Crippen LogP contribution in [0.2, 0.25) is 0 Å². The maximum Gasteiger partial charge on any atom is 0.280 e. The minimum Gasteiger partial charge on any atom is -0.770 e. The van der Waals surface area contributed by atoms with Crippen molar-refractivity contribution in [2.24, 2.45) is 14.1 Å². The average molecular weight is 265 g/mol. The van der Waals surface area contributed by atoms with Gasteiger partial charge in [0.2, 0.25) is 0 Å². The number of hydrogen-bond donors (Lipinski definition) is 0. The highest BCUT2D eigenvalue weighted by atomic mass is 32.7. The monoisotopic (exact) mass is 265 g/mol. The maximum atomic E-state index is 11.7. The van der Waals surface area contributed by atoms with Crippen molar-refractivity contribution in [1.82, 2.24) is 9.36 Å². The summed E-state index contributed by atoms with van der Waals surface area (Å²) in [6, 6.07) is 0. The average Bonchev–Trinajstić information content (AvgIpc) is 2.35. The fraction of sp³-hybridized carbons (Fsp3) is 0.625. The van der Waals surface area contributed by atoms with Crippen LogP contribution in [-0.4, -0.2) is 16.0 Å². The van der Waals surface area contributed by atoms with Gasteiger partial charge in [-0.05, 0) is 25.2 Å². The van der Waals surface area contributed by atoms with E-state index in [1.807, 2.05) is 0 Å². The van der Waals surface area contributed by atoms with Crippen LogP contribution in [0.1, 0.15) is 12.6 Å². The summed E-state index contributed by atoms with van der Waals surface area (Å²) >= 11 is 0.482. The Morgan fingerprint density at radius 1 is 1.44 bits per heavy atom. The predicted molar refractivity (Wildman–Crippen MR) is 60.5 cm³/mol. The Hall–Kier alpha value is -0.490. The molecule has 0 aliphatic heterocycles. The zero-order valence-corrected chi connectivity index (χ0v) is 11.3. The largest absolute Gasteiger partial charge is 0.770 e. The maximum absolute atomic E-state index is 11.7. The van der Waals surface area contributed by atoms with Crippen LogP contribution in [-0.2, 0) is 23.2 Å². The molecule has 0 radical (unpaired) electrons. The summed E-state index contributed by atoms with van der Waals surface area (Å²) in [5, 5.41) is 0. The van der Waals surface area contributed by atoms with Gasteiger partial charge in [0, 0.05) is 14.1 Å². The van der Waals surface area contributed by atoms with Crippen LogP contribution in [0.25, 0.3) is 0 Å². The zero-order chi connectivity index (χ0) is 12.5. The normalized spacial score (nSPS) is 15.1. The highest BCUT2D eigenvalue weighted by Gasteiger charge is 2.19. The van der Waals surface area contributed by atoms with Crippen molar-refractivity contribution < 1.29 is 14.0 Å². The summed E-state index contributed by atoms with van der Waals surface area (Å²) in [6.45, 7) is -0.691. The molecule has 0 fully saturated rings. The Morgan fingerprint density at radius 2 is 2.00 bits per heavy atom. The smallest absolute Gasteiger partial charge is 0.280 e. The van der Waals surface area contributed by atoms with Gasteiger partial charge < -0.3 is 9.42 Å². The van der Waals surface area contributed by atoms with E-state index in [0.717, 1.165) is 0 Å². The summed E-state index contributed by atoms with van der Waals surface area (Å²) in [5.41, 5.74) is 0.272. The van der Waals surface area contributed by atoms with Crippen molar-refractivity contribution in [3.05, 3.63) is 16.0 Å². The number of rotatable bonds is 4. The van der Waals surface area contributed by atoms with Crippen LogP contribution in [0.3, 0.4) is 0 Å². The summed E-state index contributed by atoms with van der Waals surface area (Å²) in [4.78, 5) is 23.3. The van der Waals surface area contributed by atoms with Gasteiger partial charge in [0.05, 0.1) is 12.3 Å². The molecule has 1 heterocycles. The van der Waals surface area contributed by atoms with Crippen LogP contribution < -0.4 is 10.5 Å². The quantitative estimate of drug-likeness (QED) is 0.746. The highest BCUT2D eigenvalue weighted by Crippen LogP contribution is 2.55. The van der Waals surface area contributed by atoms with Gasteiger partial charge in [-0.15, -0.1) is 0 Å². The second-order valence-corrected chi connectivity index (χ2v) is 6.86. The lowest BCUT2D eigenvalue weighted by molar-refractivity contribution is -0.189. The van der Waals surface area contributed by atoms with E-state index in [9.17, 15) is 14.3 Å². The second kappa shape index (κ2) is 4.79. The Labute approximate surface area is 97.5 Å². The van der Waals surface area contributed by atoms with Crippen molar-refractivity contribution in [3.8, 4) is 0 Å². The molecular weight excluding hydrogens is 251 g/mol. The third kappa shape index (κ3) is 2.60. The van der Waals surface area contributed by atoms with E-state index in [0.29, 0.717) is 17.1 Å². The lowest BCUT2D eigenvalue weighted by Crippen LogP contribution is -2.17. The minimum atomic E-state index is -4.03. The molecule has 0 aromatic carbocycles. The lowest BCUT2D eigenvalue weighted by Gasteiger charge is -2.20. The molecule has 1 aromatic heterocycles. The fourth-order valence-electron chi connectivity index (χ4n) is 1.21. The lowest BCUT2D eigenvalue weighted by atomic mass is 10.5. The molecule has 1 aromatic rings. The third-order valence-corrected chi connectivity index (χ3v) is 5.23. The topological polar surface area (TPSA) is 76.3 Å². The van der Waals surface area contributed by atoms with Gasteiger partial charge in [0.1, 0.15) is 4.90 Å². The first kappa shape index (κ1) is 13.6. The molecule has 0 saturated heterocycles. The molecule has 92 valence electrons. The van der Waals surface area contributed by atoms with E-state index >= 15 is 0 Å². The van der Waals surface area contributed by atoms with Gasteiger partial charge in [0.25, 0.3) is 5.56 Å². The van der Waals surface area contributed by atoms with E-state index in [-0.39, 0.29) is 17.1 Å². The van der Waals surface area contributed by atoms with E-state index in [2.05, 4.69) is 4.52 Å². The zero-order valence-electron chi connectivity index (χ0n) is 9.59. The van der Waals surface area contributed by atoms with Gasteiger partial charge in [-0.2, -0.15) is 0 Å². The molecule has 0 bridgehead atoms. The molecule has 6 nitrogen and oxygen atoms in total. The molecule has 1 rings (SSSR count). The summed E-state index contributed by atoms with van der Waals surface area (Å²) in [7, 11) is 3.27. The Kier molecular flexibility index (Phi) is 4.07. The third-order valence-electron chi connectivity index (χ3n) is 2.24. The summed E-state index contributed by atoms with van der Waals surface area (Å²) < 4.78 is 19.0. The second-order valence-electron chi connectivity index (χ2n) is 3.22. The van der Waals surface area contributed by atoms with E-state index in [1.54, 1.807) is 32.6 Å². The predicted octanol–water partition coefficient (Wildman–Crippen LogP) is 0.629. The summed E-state index contributed by atoms with van der Waals surface area (Å²) in [5.74, 6) is 0. The molecule has 0 aliphatic rings. The Bertz CT molecular complexity index is 493. The molecular formula is C8H14N2O4PS-. The van der Waals surface area contributed by atoms with Crippen LogP contribution in [0, 0.1) is 6.92 Å². The van der Waals surface area contributed by atoms with Crippen molar-refractivity contribution in [1.29, 1.82) is 0 Å². The van der Waals surface area contributed by atoms with Crippen molar-refractivity contribution in [3.63, 3.8) is 0 Å². The number of aromatic nitrogens is 2. The van der Waals surface area contributed by atoms with Crippen LogP contribution >= 0.6 is 18.2 Å². The molecule has 1 atom stereocenters. The van der Waals surface area contributed by atoms with Crippen LogP contribution in [0.15, 0.2) is 9.69 Å². The van der Waals surface area contributed by atoms with Crippen LogP contribution in [0.5, 0.6) is 0 Å². The Morgan fingerprint density at radius 3 is 2.38 bits per heavy atom. The van der Waals surface area contributed by atoms with Gasteiger partial charge >= 0.3 is 0 Å². The van der Waals surface area contributed by atoms with E-state index in [1.165, 1.54) is 4.68 Å². The van der Waals surface area contributed by atoms with Crippen LogP contribution in [0.4, 0.5) is 0 Å². The fourth-order valence-corrected chi connectivity index (χ4v) is 4.05. The van der Waals surface area contributed by atoms with Gasteiger partial charge in [-0.1, -0.05) is 0 Å². The highest BCUT2D eigenvalue weighted by molar-refractivity contribution is 8.54. The Balaban J connectivity index is 3.12. The van der Waals surface area contributed by atoms with Crippen molar-refractivity contribution in [2.45, 2.75) is 18.7 Å². The molecule has 0 aliphatic carbocycles.